The zero-order valence-corrected chi connectivity index (χ0v) is 14.5. The summed E-state index contributed by atoms with van der Waals surface area (Å²) in [5.41, 5.74) is 7.06. The molecule has 1 aromatic heterocycles. The van der Waals surface area contributed by atoms with Gasteiger partial charge in [0.2, 0.25) is 5.88 Å². The smallest absolute Gasteiger partial charge is 0.217 e. The Hall–Kier alpha value is -1.53. The number of rotatable bonds is 9. The maximum Gasteiger partial charge on any atom is 0.217 e. The first-order chi connectivity index (χ1) is 11.2. The second-order valence-corrected chi connectivity index (χ2v) is 5.88. The van der Waals surface area contributed by atoms with Crippen molar-refractivity contribution < 1.29 is 9.47 Å². The van der Waals surface area contributed by atoms with E-state index in [1.807, 2.05) is 12.1 Å². The molecule has 0 spiro atoms. The summed E-state index contributed by atoms with van der Waals surface area (Å²) in [5, 5.41) is 0. The number of aromatic nitrogens is 1. The molecule has 6 heteroatoms. The lowest BCUT2D eigenvalue weighted by Gasteiger charge is -2.26. The van der Waals surface area contributed by atoms with Gasteiger partial charge in [0.25, 0.3) is 0 Å². The van der Waals surface area contributed by atoms with Crippen LogP contribution in [0, 0.1) is 0 Å². The van der Waals surface area contributed by atoms with E-state index in [4.69, 9.17) is 15.2 Å². The topological polar surface area (TPSA) is 63.8 Å². The van der Waals surface area contributed by atoms with Gasteiger partial charge in [-0.2, -0.15) is 4.98 Å². The van der Waals surface area contributed by atoms with Crippen molar-refractivity contribution in [2.45, 2.75) is 26.7 Å². The van der Waals surface area contributed by atoms with Gasteiger partial charge < -0.3 is 20.1 Å². The molecule has 2 N–H and O–H groups in total. The maximum atomic E-state index is 5.96. The fourth-order valence-corrected chi connectivity index (χ4v) is 2.78. The first-order valence-electron chi connectivity index (χ1n) is 8.68. The molecule has 0 bridgehead atoms. The molecule has 0 unspecified atom stereocenters. The van der Waals surface area contributed by atoms with E-state index in [1.165, 1.54) is 0 Å². The number of hydrogen-bond donors (Lipinski definition) is 1. The van der Waals surface area contributed by atoms with Gasteiger partial charge in [-0.1, -0.05) is 13.8 Å². The van der Waals surface area contributed by atoms with Crippen molar-refractivity contribution >= 4 is 11.5 Å². The van der Waals surface area contributed by atoms with Crippen molar-refractivity contribution in [1.29, 1.82) is 0 Å². The largest absolute Gasteiger partial charge is 0.476 e. The van der Waals surface area contributed by atoms with E-state index in [2.05, 4.69) is 28.6 Å². The molecule has 1 aliphatic rings. The highest BCUT2D eigenvalue weighted by molar-refractivity contribution is 5.55. The average Bonchev–Trinajstić information content (AvgIpc) is 2.55. The highest BCUT2D eigenvalue weighted by atomic mass is 16.5. The van der Waals surface area contributed by atoms with Crippen LogP contribution in [0.2, 0.25) is 0 Å². The highest BCUT2D eigenvalue weighted by Crippen LogP contribution is 2.23. The van der Waals surface area contributed by atoms with Crippen molar-refractivity contribution in [2.24, 2.45) is 0 Å². The van der Waals surface area contributed by atoms with Crippen LogP contribution >= 0.6 is 0 Å². The summed E-state index contributed by atoms with van der Waals surface area (Å²) >= 11 is 0. The number of hydrogen-bond acceptors (Lipinski definition) is 6. The van der Waals surface area contributed by atoms with Crippen molar-refractivity contribution in [3.8, 4) is 5.88 Å². The number of anilines is 2. The van der Waals surface area contributed by atoms with Gasteiger partial charge in [0.05, 0.1) is 13.2 Å². The van der Waals surface area contributed by atoms with Gasteiger partial charge in [-0.3, -0.25) is 4.90 Å². The molecule has 1 saturated heterocycles. The lowest BCUT2D eigenvalue weighted by atomic mass is 10.3. The van der Waals surface area contributed by atoms with Crippen LogP contribution in [0.15, 0.2) is 12.1 Å². The average molecular weight is 322 g/mol. The highest BCUT2D eigenvalue weighted by Gasteiger charge is 2.11. The van der Waals surface area contributed by atoms with E-state index in [0.29, 0.717) is 18.3 Å². The standard InChI is InChI=1S/C17H30N4O2/c1-3-5-21(6-4-2)15-13-16(18)19-17(14-15)23-12-9-20-7-10-22-11-8-20/h13-14H,3-12H2,1-2H3,(H2,18,19). The van der Waals surface area contributed by atoms with E-state index >= 15 is 0 Å². The molecule has 0 aromatic carbocycles. The van der Waals surface area contributed by atoms with Gasteiger partial charge in [-0.05, 0) is 12.8 Å². The Bertz CT molecular complexity index is 458. The Labute approximate surface area is 139 Å². The summed E-state index contributed by atoms with van der Waals surface area (Å²) in [4.78, 5) is 8.99. The van der Waals surface area contributed by atoms with Crippen LogP contribution in [0.25, 0.3) is 0 Å². The third kappa shape index (κ3) is 5.88. The molecular formula is C17H30N4O2. The monoisotopic (exact) mass is 322 g/mol. The fraction of sp³-hybridized carbons (Fsp3) is 0.706. The Morgan fingerprint density at radius 1 is 1.22 bits per heavy atom. The quantitative estimate of drug-likeness (QED) is 0.750. The molecule has 0 aliphatic carbocycles. The Kier molecular flexibility index (Phi) is 7.42. The second kappa shape index (κ2) is 9.57. The molecule has 0 radical (unpaired) electrons. The number of ether oxygens (including phenoxy) is 2. The summed E-state index contributed by atoms with van der Waals surface area (Å²) in [5.74, 6) is 1.13. The van der Waals surface area contributed by atoms with Gasteiger partial charge in [0.15, 0.2) is 0 Å². The Balaban J connectivity index is 1.92. The van der Waals surface area contributed by atoms with Crippen LogP contribution in [0.5, 0.6) is 5.88 Å². The van der Waals surface area contributed by atoms with Crippen molar-refractivity contribution in [1.82, 2.24) is 9.88 Å². The normalized spacial score (nSPS) is 15.6. The SMILES string of the molecule is CCCN(CCC)c1cc(N)nc(OCCN2CCOCC2)c1. The first-order valence-corrected chi connectivity index (χ1v) is 8.68. The lowest BCUT2D eigenvalue weighted by molar-refractivity contribution is 0.0320. The molecular weight excluding hydrogens is 292 g/mol. The summed E-state index contributed by atoms with van der Waals surface area (Å²) in [6.45, 7) is 11.5. The number of nitrogen functional groups attached to an aromatic ring is 1. The van der Waals surface area contributed by atoms with Gasteiger partial charge in [0.1, 0.15) is 12.4 Å². The zero-order chi connectivity index (χ0) is 16.5. The molecule has 2 rings (SSSR count). The Morgan fingerprint density at radius 3 is 2.57 bits per heavy atom. The molecule has 1 aromatic rings. The second-order valence-electron chi connectivity index (χ2n) is 5.88. The van der Waals surface area contributed by atoms with Crippen LogP contribution in [0.3, 0.4) is 0 Å². The predicted molar refractivity (Wildman–Crippen MR) is 94.2 cm³/mol. The number of morpholine rings is 1. The van der Waals surface area contributed by atoms with Gasteiger partial charge in [0, 0.05) is 50.5 Å². The van der Waals surface area contributed by atoms with Crippen LogP contribution in [-0.2, 0) is 4.74 Å². The van der Waals surface area contributed by atoms with E-state index < -0.39 is 0 Å². The van der Waals surface area contributed by atoms with Crippen LogP contribution < -0.4 is 15.4 Å². The van der Waals surface area contributed by atoms with Gasteiger partial charge in [-0.25, -0.2) is 0 Å². The van der Waals surface area contributed by atoms with E-state index in [1.54, 1.807) is 0 Å². The number of nitrogens with zero attached hydrogens (tertiary/aromatic N) is 3. The lowest BCUT2D eigenvalue weighted by Crippen LogP contribution is -2.38. The third-order valence-electron chi connectivity index (χ3n) is 3.92. The molecule has 23 heavy (non-hydrogen) atoms. The summed E-state index contributed by atoms with van der Waals surface area (Å²) < 4.78 is 11.2. The van der Waals surface area contributed by atoms with Crippen LogP contribution in [0.1, 0.15) is 26.7 Å². The zero-order valence-electron chi connectivity index (χ0n) is 14.5. The van der Waals surface area contributed by atoms with Crippen LogP contribution in [0.4, 0.5) is 11.5 Å². The van der Waals surface area contributed by atoms with E-state index in [0.717, 1.165) is 64.5 Å². The molecule has 130 valence electrons. The molecule has 6 nitrogen and oxygen atoms in total. The first kappa shape index (κ1) is 17.8. The molecule has 0 atom stereocenters. The third-order valence-corrected chi connectivity index (χ3v) is 3.92. The minimum atomic E-state index is 0.515. The number of nitrogens with two attached hydrogens (primary N) is 1. The minimum Gasteiger partial charge on any atom is -0.476 e. The van der Waals surface area contributed by atoms with Gasteiger partial charge in [-0.15, -0.1) is 0 Å². The van der Waals surface area contributed by atoms with Crippen molar-refractivity contribution in [3.63, 3.8) is 0 Å². The molecule has 0 saturated carbocycles. The molecule has 2 heterocycles. The fourth-order valence-electron chi connectivity index (χ4n) is 2.78. The summed E-state index contributed by atoms with van der Waals surface area (Å²) in [7, 11) is 0. The van der Waals surface area contributed by atoms with Crippen molar-refractivity contribution in [2.75, 3.05) is 63.2 Å². The van der Waals surface area contributed by atoms with Gasteiger partial charge >= 0.3 is 0 Å². The van der Waals surface area contributed by atoms with Crippen LogP contribution in [-0.4, -0.2) is 62.4 Å². The molecule has 1 fully saturated rings. The number of pyridine rings is 1. The van der Waals surface area contributed by atoms with Crippen molar-refractivity contribution in [3.05, 3.63) is 12.1 Å². The van der Waals surface area contributed by atoms with E-state index in [-0.39, 0.29) is 0 Å². The Morgan fingerprint density at radius 2 is 1.91 bits per heavy atom. The maximum absolute atomic E-state index is 5.96. The minimum absolute atomic E-state index is 0.515. The summed E-state index contributed by atoms with van der Waals surface area (Å²) in [6, 6.07) is 3.93. The predicted octanol–water partition coefficient (Wildman–Crippen LogP) is 2.00. The molecule has 0 amide bonds. The van der Waals surface area contributed by atoms with E-state index in [9.17, 15) is 0 Å². The molecule has 1 aliphatic heterocycles. The summed E-state index contributed by atoms with van der Waals surface area (Å²) in [6.07, 6.45) is 2.21.